The molecule has 1 rings (SSSR count). The van der Waals surface area contributed by atoms with Gasteiger partial charge in [-0.2, -0.15) is 0 Å². The van der Waals surface area contributed by atoms with Crippen LogP contribution in [-0.4, -0.2) is 25.2 Å². The highest BCUT2D eigenvalue weighted by Gasteiger charge is 2.33. The average Bonchev–Trinajstić information content (AvgIpc) is 2.44. The topological polar surface area (TPSA) is 52.6 Å². The third kappa shape index (κ3) is 5.88. The summed E-state index contributed by atoms with van der Waals surface area (Å²) in [6.45, 7) is 11.9. The van der Waals surface area contributed by atoms with Crippen LogP contribution in [0.4, 0.5) is 0 Å². The van der Waals surface area contributed by atoms with Gasteiger partial charge >= 0.3 is 11.9 Å². The van der Waals surface area contributed by atoms with E-state index in [9.17, 15) is 9.59 Å². The molecule has 1 aromatic carbocycles. The molecule has 0 unspecified atom stereocenters. The van der Waals surface area contributed by atoms with Gasteiger partial charge in [-0.3, -0.25) is 9.59 Å². The molecule has 0 heterocycles. The van der Waals surface area contributed by atoms with E-state index in [0.717, 1.165) is 11.1 Å². The molecular weight excluding hydrogens is 280 g/mol. The van der Waals surface area contributed by atoms with Gasteiger partial charge in [-0.15, -0.1) is 0 Å². The van der Waals surface area contributed by atoms with Crippen molar-refractivity contribution in [1.29, 1.82) is 0 Å². The zero-order chi connectivity index (χ0) is 17.1. The lowest BCUT2D eigenvalue weighted by atomic mass is 9.91. The maximum absolute atomic E-state index is 12.0. The Morgan fingerprint density at radius 3 is 1.59 bits per heavy atom. The molecule has 0 aliphatic heterocycles. The Balaban J connectivity index is 0.00000135. The smallest absolute Gasteiger partial charge is 0.324 e. The Morgan fingerprint density at radius 2 is 1.27 bits per heavy atom. The Hall–Kier alpha value is -1.84. The zero-order valence-corrected chi connectivity index (χ0v) is 14.6. The largest absolute Gasteiger partial charge is 0.465 e. The number of benzene rings is 1. The van der Waals surface area contributed by atoms with Crippen LogP contribution in [0.1, 0.15) is 56.7 Å². The lowest BCUT2D eigenvalue weighted by Gasteiger charge is -2.18. The van der Waals surface area contributed by atoms with Crippen molar-refractivity contribution < 1.29 is 19.1 Å². The first-order valence-electron chi connectivity index (χ1n) is 7.83. The number of carbonyl (C=O) groups excluding carboxylic acids is 2. The first kappa shape index (κ1) is 20.2. The fourth-order valence-electron chi connectivity index (χ4n) is 2.07. The number of carbonyl (C=O) groups is 2. The SMILES string of the molecule is CCC.CCOC(=O)C(C(=O)OCC)c1c(C)cccc1C. The summed E-state index contributed by atoms with van der Waals surface area (Å²) in [5.74, 6) is -2.11. The first-order valence-corrected chi connectivity index (χ1v) is 7.83. The fraction of sp³-hybridized carbons (Fsp3) is 0.556. The van der Waals surface area contributed by atoms with Crippen molar-refractivity contribution in [1.82, 2.24) is 0 Å². The summed E-state index contributed by atoms with van der Waals surface area (Å²) in [6.07, 6.45) is 1.25. The van der Waals surface area contributed by atoms with Gasteiger partial charge < -0.3 is 9.47 Å². The number of esters is 2. The molecule has 0 spiro atoms. The molecule has 0 radical (unpaired) electrons. The highest BCUT2D eigenvalue weighted by molar-refractivity contribution is 6.01. The Bertz CT molecular complexity index is 442. The molecule has 0 saturated heterocycles. The average molecular weight is 308 g/mol. The minimum absolute atomic E-state index is 0.236. The lowest BCUT2D eigenvalue weighted by Crippen LogP contribution is -2.27. The molecule has 0 bridgehead atoms. The summed E-state index contributed by atoms with van der Waals surface area (Å²) in [7, 11) is 0. The Morgan fingerprint density at radius 1 is 0.909 bits per heavy atom. The van der Waals surface area contributed by atoms with E-state index in [1.807, 2.05) is 32.0 Å². The second-order valence-corrected chi connectivity index (χ2v) is 4.95. The van der Waals surface area contributed by atoms with Crippen LogP contribution < -0.4 is 0 Å². The van der Waals surface area contributed by atoms with Crippen molar-refractivity contribution >= 4 is 11.9 Å². The maximum Gasteiger partial charge on any atom is 0.324 e. The van der Waals surface area contributed by atoms with E-state index in [2.05, 4.69) is 13.8 Å². The van der Waals surface area contributed by atoms with Crippen LogP contribution in [-0.2, 0) is 19.1 Å². The van der Waals surface area contributed by atoms with Crippen LogP contribution >= 0.6 is 0 Å². The van der Waals surface area contributed by atoms with Crippen LogP contribution in [0.2, 0.25) is 0 Å². The second-order valence-electron chi connectivity index (χ2n) is 4.95. The van der Waals surface area contributed by atoms with Gasteiger partial charge in [0.15, 0.2) is 5.92 Å². The molecule has 4 nitrogen and oxygen atoms in total. The third-order valence-electron chi connectivity index (χ3n) is 2.88. The number of rotatable bonds is 5. The van der Waals surface area contributed by atoms with Gasteiger partial charge in [0.25, 0.3) is 0 Å². The van der Waals surface area contributed by atoms with Crippen LogP contribution in [0.25, 0.3) is 0 Å². The summed E-state index contributed by atoms with van der Waals surface area (Å²) in [4.78, 5) is 24.1. The normalized spacial score (nSPS) is 9.77. The molecule has 0 saturated carbocycles. The number of hydrogen-bond donors (Lipinski definition) is 0. The van der Waals surface area contributed by atoms with E-state index in [0.29, 0.717) is 5.56 Å². The third-order valence-corrected chi connectivity index (χ3v) is 2.88. The standard InChI is InChI=1S/C15H20O4.C3H8/c1-5-18-14(16)13(15(17)19-6-2)12-10(3)8-7-9-11(12)4;1-3-2/h7-9,13H,5-6H2,1-4H3;3H2,1-2H3. The van der Waals surface area contributed by atoms with Crippen molar-refractivity contribution in [3.63, 3.8) is 0 Å². The van der Waals surface area contributed by atoms with Gasteiger partial charge in [-0.05, 0) is 44.4 Å². The maximum atomic E-state index is 12.0. The van der Waals surface area contributed by atoms with E-state index in [1.165, 1.54) is 6.42 Å². The fourth-order valence-corrected chi connectivity index (χ4v) is 2.07. The molecule has 0 fully saturated rings. The molecule has 1 aromatic rings. The Kier molecular flexibility index (Phi) is 9.92. The monoisotopic (exact) mass is 308 g/mol. The van der Waals surface area contributed by atoms with Gasteiger partial charge in [0.05, 0.1) is 13.2 Å². The van der Waals surface area contributed by atoms with E-state index < -0.39 is 17.9 Å². The molecule has 0 aliphatic carbocycles. The molecule has 0 aliphatic rings. The van der Waals surface area contributed by atoms with E-state index in [1.54, 1.807) is 13.8 Å². The minimum Gasteiger partial charge on any atom is -0.465 e. The lowest BCUT2D eigenvalue weighted by molar-refractivity contribution is -0.157. The first-order chi connectivity index (χ1) is 10.4. The van der Waals surface area contributed by atoms with Crippen molar-refractivity contribution in [3.8, 4) is 0 Å². The molecule has 0 aromatic heterocycles. The van der Waals surface area contributed by atoms with Crippen molar-refractivity contribution in [2.75, 3.05) is 13.2 Å². The molecule has 22 heavy (non-hydrogen) atoms. The highest BCUT2D eigenvalue weighted by atomic mass is 16.6. The minimum atomic E-state index is -0.999. The summed E-state index contributed by atoms with van der Waals surface area (Å²) in [5.41, 5.74) is 2.44. The summed E-state index contributed by atoms with van der Waals surface area (Å²) < 4.78 is 9.99. The molecule has 0 amide bonds. The molecular formula is C18H28O4. The highest BCUT2D eigenvalue weighted by Crippen LogP contribution is 2.26. The van der Waals surface area contributed by atoms with Gasteiger partial charge in [0.2, 0.25) is 0 Å². The van der Waals surface area contributed by atoms with Crippen molar-refractivity contribution in [3.05, 3.63) is 34.9 Å². The van der Waals surface area contributed by atoms with Gasteiger partial charge in [-0.1, -0.05) is 38.5 Å². The van der Waals surface area contributed by atoms with Crippen LogP contribution in [0.5, 0.6) is 0 Å². The second kappa shape index (κ2) is 10.8. The summed E-state index contributed by atoms with van der Waals surface area (Å²) >= 11 is 0. The van der Waals surface area contributed by atoms with E-state index in [4.69, 9.17) is 9.47 Å². The van der Waals surface area contributed by atoms with Crippen molar-refractivity contribution in [2.24, 2.45) is 0 Å². The van der Waals surface area contributed by atoms with Gasteiger partial charge in [-0.25, -0.2) is 0 Å². The van der Waals surface area contributed by atoms with Gasteiger partial charge in [0.1, 0.15) is 0 Å². The van der Waals surface area contributed by atoms with Crippen LogP contribution in [0.3, 0.4) is 0 Å². The van der Waals surface area contributed by atoms with E-state index in [-0.39, 0.29) is 13.2 Å². The molecule has 4 heteroatoms. The predicted octanol–water partition coefficient (Wildman–Crippen LogP) is 3.93. The van der Waals surface area contributed by atoms with E-state index >= 15 is 0 Å². The number of ether oxygens (including phenoxy) is 2. The Labute approximate surface area is 133 Å². The molecule has 0 atom stereocenters. The summed E-state index contributed by atoms with van der Waals surface area (Å²) in [5, 5.41) is 0. The zero-order valence-electron chi connectivity index (χ0n) is 14.6. The van der Waals surface area contributed by atoms with Crippen molar-refractivity contribution in [2.45, 2.75) is 53.9 Å². The predicted molar refractivity (Wildman–Crippen MR) is 87.9 cm³/mol. The van der Waals surface area contributed by atoms with Gasteiger partial charge in [0, 0.05) is 0 Å². The van der Waals surface area contributed by atoms with Crippen LogP contribution in [0.15, 0.2) is 18.2 Å². The number of aryl methyl sites for hydroxylation is 2. The van der Waals surface area contributed by atoms with Crippen LogP contribution in [0, 0.1) is 13.8 Å². The number of hydrogen-bond acceptors (Lipinski definition) is 4. The molecule has 124 valence electrons. The summed E-state index contributed by atoms with van der Waals surface area (Å²) in [6, 6.07) is 5.63. The molecule has 0 N–H and O–H groups in total. The quantitative estimate of drug-likeness (QED) is 0.611.